The van der Waals surface area contributed by atoms with Gasteiger partial charge in [0.15, 0.2) is 0 Å². The minimum absolute atomic E-state index is 0.377. The van der Waals surface area contributed by atoms with Crippen molar-refractivity contribution in [1.82, 2.24) is 4.98 Å². The average molecular weight is 296 g/mol. The molecule has 1 heterocycles. The summed E-state index contributed by atoms with van der Waals surface area (Å²) in [6.45, 7) is 0. The lowest BCUT2D eigenvalue weighted by Crippen LogP contribution is -1.97. The van der Waals surface area contributed by atoms with E-state index in [2.05, 4.69) is 20.9 Å². The quantitative estimate of drug-likeness (QED) is 0.893. The standard InChI is InChI=1S/C11H10BrN3S/c12-7-1-3-8(4-2-7)16-10-6-5-9(13)11(14)15-10/h1-6H,13H2,(H2,14,15). The zero-order valence-electron chi connectivity index (χ0n) is 8.35. The van der Waals surface area contributed by atoms with Gasteiger partial charge in [-0.1, -0.05) is 27.7 Å². The minimum atomic E-state index is 0.377. The first-order valence-corrected chi connectivity index (χ1v) is 6.21. The molecule has 0 aliphatic carbocycles. The van der Waals surface area contributed by atoms with Crippen LogP contribution in [-0.2, 0) is 0 Å². The molecular formula is C11H10BrN3S. The highest BCUT2D eigenvalue weighted by Gasteiger charge is 2.01. The summed E-state index contributed by atoms with van der Waals surface area (Å²) in [6, 6.07) is 11.6. The molecule has 5 heteroatoms. The summed E-state index contributed by atoms with van der Waals surface area (Å²) in [7, 11) is 0. The van der Waals surface area contributed by atoms with E-state index >= 15 is 0 Å². The first-order valence-electron chi connectivity index (χ1n) is 4.60. The maximum Gasteiger partial charge on any atom is 0.147 e. The highest BCUT2D eigenvalue weighted by Crippen LogP contribution is 2.28. The van der Waals surface area contributed by atoms with Gasteiger partial charge >= 0.3 is 0 Å². The van der Waals surface area contributed by atoms with Gasteiger partial charge in [0.05, 0.1) is 5.69 Å². The van der Waals surface area contributed by atoms with Crippen LogP contribution in [0.5, 0.6) is 0 Å². The van der Waals surface area contributed by atoms with E-state index in [1.165, 1.54) is 0 Å². The first-order chi connectivity index (χ1) is 7.65. The Morgan fingerprint density at radius 1 is 1.00 bits per heavy atom. The van der Waals surface area contributed by atoms with E-state index in [0.717, 1.165) is 14.4 Å². The van der Waals surface area contributed by atoms with Crippen LogP contribution in [0.1, 0.15) is 0 Å². The molecule has 0 fully saturated rings. The fourth-order valence-electron chi connectivity index (χ4n) is 1.15. The van der Waals surface area contributed by atoms with Crippen molar-refractivity contribution in [2.45, 2.75) is 9.92 Å². The molecule has 0 radical (unpaired) electrons. The normalized spacial score (nSPS) is 10.3. The zero-order valence-corrected chi connectivity index (χ0v) is 10.8. The van der Waals surface area contributed by atoms with Crippen molar-refractivity contribution >= 4 is 39.2 Å². The van der Waals surface area contributed by atoms with Crippen molar-refractivity contribution in [1.29, 1.82) is 0 Å². The zero-order chi connectivity index (χ0) is 11.5. The fraction of sp³-hybridized carbons (Fsp3) is 0. The van der Waals surface area contributed by atoms with Crippen molar-refractivity contribution in [2.75, 3.05) is 11.5 Å². The van der Waals surface area contributed by atoms with Crippen molar-refractivity contribution < 1.29 is 0 Å². The Hall–Kier alpha value is -1.20. The smallest absolute Gasteiger partial charge is 0.147 e. The summed E-state index contributed by atoms with van der Waals surface area (Å²) >= 11 is 4.94. The highest BCUT2D eigenvalue weighted by molar-refractivity contribution is 9.10. The second-order valence-electron chi connectivity index (χ2n) is 3.18. The van der Waals surface area contributed by atoms with E-state index in [4.69, 9.17) is 11.5 Å². The maximum atomic E-state index is 5.64. The third-order valence-electron chi connectivity index (χ3n) is 1.97. The lowest BCUT2D eigenvalue weighted by atomic mass is 10.4. The summed E-state index contributed by atoms with van der Waals surface area (Å²) < 4.78 is 1.06. The Bertz CT molecular complexity index is 499. The molecule has 3 nitrogen and oxygen atoms in total. The van der Waals surface area contributed by atoms with Gasteiger partial charge in [-0.3, -0.25) is 0 Å². The third-order valence-corrected chi connectivity index (χ3v) is 3.44. The van der Waals surface area contributed by atoms with Gasteiger partial charge in [-0.2, -0.15) is 0 Å². The molecule has 0 saturated carbocycles. The second-order valence-corrected chi connectivity index (χ2v) is 5.19. The molecule has 0 aliphatic rings. The van der Waals surface area contributed by atoms with Gasteiger partial charge in [0.1, 0.15) is 10.8 Å². The molecular weight excluding hydrogens is 286 g/mol. The highest BCUT2D eigenvalue weighted by atomic mass is 79.9. The van der Waals surface area contributed by atoms with Gasteiger partial charge in [-0.05, 0) is 36.4 Å². The number of hydrogen-bond donors (Lipinski definition) is 2. The molecule has 82 valence electrons. The molecule has 2 aromatic rings. The Morgan fingerprint density at radius 2 is 1.69 bits per heavy atom. The van der Waals surface area contributed by atoms with Crippen LogP contribution in [0.2, 0.25) is 0 Å². The molecule has 0 bridgehead atoms. The van der Waals surface area contributed by atoms with Gasteiger partial charge in [-0.15, -0.1) is 0 Å². The molecule has 1 aromatic heterocycles. The predicted molar refractivity (Wildman–Crippen MR) is 71.3 cm³/mol. The van der Waals surface area contributed by atoms with Gasteiger partial charge < -0.3 is 11.5 Å². The Kier molecular flexibility index (Phi) is 3.36. The summed E-state index contributed by atoms with van der Waals surface area (Å²) in [5, 5.41) is 0.842. The van der Waals surface area contributed by atoms with Crippen LogP contribution < -0.4 is 11.5 Å². The molecule has 16 heavy (non-hydrogen) atoms. The topological polar surface area (TPSA) is 64.9 Å². The number of rotatable bonds is 2. The van der Waals surface area contributed by atoms with Crippen LogP contribution in [0.4, 0.5) is 11.5 Å². The maximum absolute atomic E-state index is 5.64. The van der Waals surface area contributed by atoms with Crippen LogP contribution in [0, 0.1) is 0 Å². The average Bonchev–Trinajstić information content (AvgIpc) is 2.27. The molecule has 4 N–H and O–H groups in total. The van der Waals surface area contributed by atoms with Crippen molar-refractivity contribution in [3.05, 3.63) is 40.9 Å². The second kappa shape index (κ2) is 4.76. The van der Waals surface area contributed by atoms with Crippen molar-refractivity contribution in [3.8, 4) is 0 Å². The number of benzene rings is 1. The van der Waals surface area contributed by atoms with Crippen LogP contribution in [0.3, 0.4) is 0 Å². The number of nitrogens with zero attached hydrogens (tertiary/aromatic N) is 1. The van der Waals surface area contributed by atoms with E-state index in [0.29, 0.717) is 11.5 Å². The van der Waals surface area contributed by atoms with Crippen LogP contribution in [0.25, 0.3) is 0 Å². The number of anilines is 2. The first kappa shape index (κ1) is 11.3. The van der Waals surface area contributed by atoms with Crippen molar-refractivity contribution in [2.24, 2.45) is 0 Å². The predicted octanol–water partition coefficient (Wildman–Crippen LogP) is 3.16. The van der Waals surface area contributed by atoms with Gasteiger partial charge in [0.25, 0.3) is 0 Å². The molecule has 1 aromatic carbocycles. The van der Waals surface area contributed by atoms with E-state index in [9.17, 15) is 0 Å². The Labute approximate surface area is 106 Å². The molecule has 0 spiro atoms. The van der Waals surface area contributed by atoms with Gasteiger partial charge in [0.2, 0.25) is 0 Å². The lowest BCUT2D eigenvalue weighted by molar-refractivity contribution is 1.15. The van der Waals surface area contributed by atoms with Gasteiger partial charge in [0, 0.05) is 9.37 Å². The fourth-order valence-corrected chi connectivity index (χ4v) is 2.21. The van der Waals surface area contributed by atoms with Crippen LogP contribution in [0.15, 0.2) is 50.8 Å². The Morgan fingerprint density at radius 3 is 2.31 bits per heavy atom. The molecule has 0 unspecified atom stereocenters. The SMILES string of the molecule is Nc1ccc(Sc2ccc(Br)cc2)nc1N. The lowest BCUT2D eigenvalue weighted by Gasteiger charge is -2.03. The Balaban J connectivity index is 2.20. The molecule has 0 amide bonds. The van der Waals surface area contributed by atoms with E-state index < -0.39 is 0 Å². The number of nitrogens with two attached hydrogens (primary N) is 2. The third kappa shape index (κ3) is 2.68. The molecule has 0 atom stereocenters. The molecule has 0 aliphatic heterocycles. The summed E-state index contributed by atoms with van der Waals surface area (Å²) in [5.74, 6) is 0.377. The van der Waals surface area contributed by atoms with Crippen LogP contribution >= 0.6 is 27.7 Å². The number of aromatic nitrogens is 1. The van der Waals surface area contributed by atoms with Crippen LogP contribution in [-0.4, -0.2) is 4.98 Å². The van der Waals surface area contributed by atoms with Gasteiger partial charge in [-0.25, -0.2) is 4.98 Å². The summed E-state index contributed by atoms with van der Waals surface area (Å²) in [5.41, 5.74) is 11.8. The number of nitrogen functional groups attached to an aromatic ring is 2. The van der Waals surface area contributed by atoms with E-state index in [1.807, 2.05) is 30.3 Å². The number of halogens is 1. The largest absolute Gasteiger partial charge is 0.396 e. The molecule has 0 saturated heterocycles. The summed E-state index contributed by atoms with van der Waals surface area (Å²) in [4.78, 5) is 5.31. The monoisotopic (exact) mass is 295 g/mol. The number of pyridine rings is 1. The number of hydrogen-bond acceptors (Lipinski definition) is 4. The molecule has 2 rings (SSSR count). The minimum Gasteiger partial charge on any atom is -0.396 e. The van der Waals surface area contributed by atoms with E-state index in [-0.39, 0.29) is 0 Å². The van der Waals surface area contributed by atoms with E-state index in [1.54, 1.807) is 17.8 Å². The summed E-state index contributed by atoms with van der Waals surface area (Å²) in [6.07, 6.45) is 0. The van der Waals surface area contributed by atoms with Crippen molar-refractivity contribution in [3.63, 3.8) is 0 Å².